The van der Waals surface area contributed by atoms with Crippen molar-refractivity contribution in [2.75, 3.05) is 0 Å². The van der Waals surface area contributed by atoms with E-state index in [9.17, 15) is 0 Å². The second-order valence-corrected chi connectivity index (χ2v) is 1.87. The molecule has 3 heteroatoms. The van der Waals surface area contributed by atoms with Crippen molar-refractivity contribution in [3.8, 4) is 6.07 Å². The topological polar surface area (TPSA) is 49.8 Å². The Kier molecular flexibility index (Phi) is 2.73. The van der Waals surface area contributed by atoms with Crippen molar-refractivity contribution >= 4 is 11.6 Å². The first-order chi connectivity index (χ1) is 3.18. The van der Waals surface area contributed by atoms with E-state index in [0.717, 1.165) is 0 Å². The Labute approximate surface area is 47.9 Å². The fourth-order valence-electron chi connectivity index (χ4n) is 0.0712. The molecule has 0 saturated carbocycles. The molecular formula is C4H7ClN2. The normalized spacial score (nSPS) is 17.4. The third-order valence-corrected chi connectivity index (χ3v) is 1.06. The molecule has 0 rings (SSSR count). The van der Waals surface area contributed by atoms with Gasteiger partial charge in [-0.3, -0.25) is 0 Å². The summed E-state index contributed by atoms with van der Waals surface area (Å²) in [6, 6.07) is 1.91. The van der Waals surface area contributed by atoms with E-state index in [4.69, 9.17) is 22.6 Å². The van der Waals surface area contributed by atoms with Crippen molar-refractivity contribution in [1.82, 2.24) is 0 Å². The minimum absolute atomic E-state index is 0.248. The van der Waals surface area contributed by atoms with Gasteiger partial charge in [-0.05, 0) is 6.92 Å². The van der Waals surface area contributed by atoms with E-state index < -0.39 is 5.50 Å². The number of hydrogen-bond donors (Lipinski definition) is 1. The fourth-order valence-corrected chi connectivity index (χ4v) is 0.128. The summed E-state index contributed by atoms with van der Waals surface area (Å²) in [5, 5.41) is 8.09. The van der Waals surface area contributed by atoms with Crippen LogP contribution in [0.15, 0.2) is 0 Å². The van der Waals surface area contributed by atoms with Crippen LogP contribution in [0.2, 0.25) is 0 Å². The Morgan fingerprint density at radius 3 is 2.29 bits per heavy atom. The van der Waals surface area contributed by atoms with Gasteiger partial charge in [-0.15, -0.1) is 11.6 Å². The lowest BCUT2D eigenvalue weighted by molar-refractivity contribution is 0.698. The lowest BCUT2D eigenvalue weighted by Crippen LogP contribution is -2.19. The number of nitrogens with two attached hydrogens (primary N) is 1. The second-order valence-electron chi connectivity index (χ2n) is 1.36. The highest BCUT2D eigenvalue weighted by molar-refractivity contribution is 6.20. The molecule has 0 aromatic heterocycles. The molecule has 0 aliphatic rings. The zero-order chi connectivity index (χ0) is 5.86. The molecule has 0 amide bonds. The first kappa shape index (κ1) is 6.74. The van der Waals surface area contributed by atoms with E-state index in [0.29, 0.717) is 0 Å². The van der Waals surface area contributed by atoms with E-state index >= 15 is 0 Å². The fraction of sp³-hybridized carbons (Fsp3) is 0.750. The highest BCUT2D eigenvalue weighted by atomic mass is 35.5. The molecule has 0 aromatic carbocycles. The number of halogens is 1. The summed E-state index contributed by atoms with van der Waals surface area (Å²) in [4.78, 5) is 0. The minimum atomic E-state index is -0.523. The molecule has 0 aliphatic carbocycles. The lowest BCUT2D eigenvalue weighted by Gasteiger charge is -2.00. The van der Waals surface area contributed by atoms with Gasteiger partial charge < -0.3 is 5.73 Å². The summed E-state index contributed by atoms with van der Waals surface area (Å²) in [6.45, 7) is 1.68. The van der Waals surface area contributed by atoms with E-state index in [1.807, 2.05) is 6.07 Å². The van der Waals surface area contributed by atoms with Gasteiger partial charge in [0.1, 0.15) is 0 Å². The largest absolute Gasteiger partial charge is 0.314 e. The molecule has 2 nitrogen and oxygen atoms in total. The molecule has 0 aliphatic heterocycles. The van der Waals surface area contributed by atoms with Gasteiger partial charge in [0.2, 0.25) is 0 Å². The highest BCUT2D eigenvalue weighted by Crippen LogP contribution is 2.00. The SMILES string of the molecule is CC(C#N)C(N)Cl. The van der Waals surface area contributed by atoms with Gasteiger partial charge in [0.05, 0.1) is 17.5 Å². The molecule has 0 saturated heterocycles. The van der Waals surface area contributed by atoms with Crippen molar-refractivity contribution in [2.45, 2.75) is 12.4 Å². The Bertz CT molecular complexity index is 84.2. The van der Waals surface area contributed by atoms with E-state index in [-0.39, 0.29) is 5.92 Å². The van der Waals surface area contributed by atoms with E-state index in [1.165, 1.54) is 0 Å². The molecular weight excluding hydrogens is 112 g/mol. The highest BCUT2D eigenvalue weighted by Gasteiger charge is 2.05. The third kappa shape index (κ3) is 2.44. The molecule has 40 valence electrons. The van der Waals surface area contributed by atoms with Crippen LogP contribution in [0.5, 0.6) is 0 Å². The van der Waals surface area contributed by atoms with Gasteiger partial charge in [0.15, 0.2) is 0 Å². The first-order valence-electron chi connectivity index (χ1n) is 1.97. The zero-order valence-corrected chi connectivity index (χ0v) is 4.81. The Morgan fingerprint density at radius 2 is 2.29 bits per heavy atom. The quantitative estimate of drug-likeness (QED) is 0.407. The maximum atomic E-state index is 8.09. The standard InChI is InChI=1S/C4H7ClN2/c1-3(2-6)4(5)7/h3-4H,7H2,1H3. The van der Waals surface area contributed by atoms with Crippen LogP contribution < -0.4 is 5.73 Å². The lowest BCUT2D eigenvalue weighted by atomic mass is 10.2. The molecule has 2 unspecified atom stereocenters. The van der Waals surface area contributed by atoms with Crippen LogP contribution in [-0.4, -0.2) is 5.50 Å². The van der Waals surface area contributed by atoms with Crippen molar-refractivity contribution in [2.24, 2.45) is 11.7 Å². The van der Waals surface area contributed by atoms with Crippen molar-refractivity contribution < 1.29 is 0 Å². The summed E-state index contributed by atoms with van der Waals surface area (Å²) in [5.74, 6) is -0.248. The van der Waals surface area contributed by atoms with Gasteiger partial charge in [-0.25, -0.2) is 0 Å². The predicted octanol–water partition coefficient (Wildman–Crippen LogP) is 0.670. The smallest absolute Gasteiger partial charge is 0.0957 e. The molecule has 0 radical (unpaired) electrons. The molecule has 0 heterocycles. The van der Waals surface area contributed by atoms with Crippen molar-refractivity contribution in [1.29, 1.82) is 5.26 Å². The second kappa shape index (κ2) is 2.84. The van der Waals surface area contributed by atoms with Crippen molar-refractivity contribution in [3.05, 3.63) is 0 Å². The van der Waals surface area contributed by atoms with E-state index in [1.54, 1.807) is 6.92 Å². The molecule has 0 aromatic rings. The van der Waals surface area contributed by atoms with E-state index in [2.05, 4.69) is 0 Å². The van der Waals surface area contributed by atoms with Gasteiger partial charge in [-0.2, -0.15) is 5.26 Å². The molecule has 0 fully saturated rings. The molecule has 0 spiro atoms. The third-order valence-electron chi connectivity index (χ3n) is 0.681. The molecule has 7 heavy (non-hydrogen) atoms. The Balaban J connectivity index is 3.40. The first-order valence-corrected chi connectivity index (χ1v) is 2.41. The number of nitrogens with zero attached hydrogens (tertiary/aromatic N) is 1. The molecule has 0 bridgehead atoms. The maximum Gasteiger partial charge on any atom is 0.0957 e. The summed E-state index contributed by atoms with van der Waals surface area (Å²) in [6.07, 6.45) is 0. The Morgan fingerprint density at radius 1 is 1.86 bits per heavy atom. The van der Waals surface area contributed by atoms with Crippen LogP contribution in [-0.2, 0) is 0 Å². The van der Waals surface area contributed by atoms with Gasteiger partial charge in [-0.1, -0.05) is 0 Å². The van der Waals surface area contributed by atoms with Gasteiger partial charge in [0.25, 0.3) is 0 Å². The number of alkyl halides is 1. The van der Waals surface area contributed by atoms with Crippen LogP contribution in [0.3, 0.4) is 0 Å². The minimum Gasteiger partial charge on any atom is -0.314 e. The van der Waals surface area contributed by atoms with Crippen LogP contribution in [0.4, 0.5) is 0 Å². The number of nitriles is 1. The monoisotopic (exact) mass is 118 g/mol. The number of rotatable bonds is 1. The average molecular weight is 119 g/mol. The molecule has 2 N–H and O–H groups in total. The van der Waals surface area contributed by atoms with Gasteiger partial charge in [0, 0.05) is 0 Å². The number of hydrogen-bond acceptors (Lipinski definition) is 2. The summed E-state index contributed by atoms with van der Waals surface area (Å²) in [7, 11) is 0. The zero-order valence-electron chi connectivity index (χ0n) is 4.06. The average Bonchev–Trinajstić information content (AvgIpc) is 1.65. The van der Waals surface area contributed by atoms with Gasteiger partial charge >= 0.3 is 0 Å². The summed E-state index contributed by atoms with van der Waals surface area (Å²) in [5.41, 5.74) is 4.57. The Hall–Kier alpha value is -0.260. The van der Waals surface area contributed by atoms with Crippen LogP contribution in [0.1, 0.15) is 6.92 Å². The van der Waals surface area contributed by atoms with Crippen LogP contribution >= 0.6 is 11.6 Å². The van der Waals surface area contributed by atoms with Crippen LogP contribution in [0.25, 0.3) is 0 Å². The van der Waals surface area contributed by atoms with Crippen molar-refractivity contribution in [3.63, 3.8) is 0 Å². The summed E-state index contributed by atoms with van der Waals surface area (Å²) >= 11 is 5.28. The predicted molar refractivity (Wildman–Crippen MR) is 28.6 cm³/mol. The maximum absolute atomic E-state index is 8.09. The summed E-state index contributed by atoms with van der Waals surface area (Å²) < 4.78 is 0. The molecule has 2 atom stereocenters. The van der Waals surface area contributed by atoms with Crippen LogP contribution in [0, 0.1) is 17.2 Å².